The minimum Gasteiger partial charge on any atom is -0.319 e. The van der Waals surface area contributed by atoms with Crippen LogP contribution in [0.4, 0.5) is 13.2 Å². The third-order valence-corrected chi connectivity index (χ3v) is 2.88. The lowest BCUT2D eigenvalue weighted by molar-refractivity contribution is -0.137. The molecule has 1 unspecified atom stereocenters. The number of nitrogens with zero attached hydrogens (tertiary/aromatic N) is 1. The van der Waals surface area contributed by atoms with Crippen LogP contribution in [0.3, 0.4) is 0 Å². The molecule has 1 rings (SSSR count). The third-order valence-electron chi connectivity index (χ3n) is 2.88. The molecule has 0 aliphatic rings. The van der Waals surface area contributed by atoms with Crippen LogP contribution >= 0.6 is 0 Å². The largest absolute Gasteiger partial charge is 0.416 e. The molecule has 0 bridgehead atoms. The van der Waals surface area contributed by atoms with Gasteiger partial charge in [-0.1, -0.05) is 25.1 Å². The van der Waals surface area contributed by atoms with E-state index in [1.807, 2.05) is 19.0 Å². The fourth-order valence-corrected chi connectivity index (χ4v) is 2.17. The number of hydrogen-bond acceptors (Lipinski definition) is 2. The lowest BCUT2D eigenvalue weighted by Gasteiger charge is -2.21. The van der Waals surface area contributed by atoms with E-state index in [1.165, 1.54) is 12.1 Å². The van der Waals surface area contributed by atoms with E-state index < -0.39 is 11.7 Å². The van der Waals surface area contributed by atoms with Crippen molar-refractivity contribution in [1.82, 2.24) is 10.2 Å². The second-order valence-corrected chi connectivity index (χ2v) is 5.06. The second kappa shape index (κ2) is 6.91. The Bertz CT molecular complexity index is 391. The lowest BCUT2D eigenvalue weighted by Crippen LogP contribution is -2.29. The molecule has 0 heterocycles. The van der Waals surface area contributed by atoms with Gasteiger partial charge in [0.15, 0.2) is 0 Å². The zero-order chi connectivity index (χ0) is 14.5. The molecule has 0 spiro atoms. The minimum absolute atomic E-state index is 0.459. The van der Waals surface area contributed by atoms with Crippen LogP contribution in [0.1, 0.15) is 18.1 Å². The summed E-state index contributed by atoms with van der Waals surface area (Å²) in [7, 11) is 3.82. The first-order chi connectivity index (χ1) is 8.82. The van der Waals surface area contributed by atoms with E-state index in [1.54, 1.807) is 6.07 Å². The zero-order valence-electron chi connectivity index (χ0n) is 11.6. The standard InChI is InChI=1S/C14H21F3N2/c1-11(8-18-2)9-19(3)10-12-5-4-6-13(7-12)14(15,16)17/h4-7,11,18H,8-10H2,1-3H3. The Hall–Kier alpha value is -1.07. The molecule has 1 atom stereocenters. The van der Waals surface area contributed by atoms with E-state index in [-0.39, 0.29) is 0 Å². The Morgan fingerprint density at radius 2 is 2.00 bits per heavy atom. The van der Waals surface area contributed by atoms with Gasteiger partial charge in [0.05, 0.1) is 5.56 Å². The summed E-state index contributed by atoms with van der Waals surface area (Å²) in [6, 6.07) is 5.52. The van der Waals surface area contributed by atoms with Crippen molar-refractivity contribution >= 4 is 0 Å². The molecule has 108 valence electrons. The monoisotopic (exact) mass is 274 g/mol. The molecular weight excluding hydrogens is 253 g/mol. The van der Waals surface area contributed by atoms with Crippen molar-refractivity contribution in [1.29, 1.82) is 0 Å². The summed E-state index contributed by atoms with van der Waals surface area (Å²) in [4.78, 5) is 2.04. The predicted octanol–water partition coefficient (Wildman–Crippen LogP) is 2.99. The van der Waals surface area contributed by atoms with Gasteiger partial charge in [0.25, 0.3) is 0 Å². The Morgan fingerprint density at radius 3 is 2.58 bits per heavy atom. The van der Waals surface area contributed by atoms with E-state index in [4.69, 9.17) is 0 Å². The van der Waals surface area contributed by atoms with Crippen molar-refractivity contribution in [2.24, 2.45) is 5.92 Å². The van der Waals surface area contributed by atoms with E-state index in [9.17, 15) is 13.2 Å². The minimum atomic E-state index is -4.27. The van der Waals surface area contributed by atoms with Crippen molar-refractivity contribution in [3.63, 3.8) is 0 Å². The summed E-state index contributed by atoms with van der Waals surface area (Å²) >= 11 is 0. The van der Waals surface area contributed by atoms with Crippen molar-refractivity contribution < 1.29 is 13.2 Å². The average molecular weight is 274 g/mol. The van der Waals surface area contributed by atoms with Crippen LogP contribution in [0.5, 0.6) is 0 Å². The SMILES string of the molecule is CNCC(C)CN(C)Cc1cccc(C(F)(F)F)c1. The van der Waals surface area contributed by atoms with Crippen LogP contribution < -0.4 is 5.32 Å². The molecule has 19 heavy (non-hydrogen) atoms. The molecule has 2 nitrogen and oxygen atoms in total. The molecule has 1 aromatic carbocycles. The number of benzene rings is 1. The molecule has 5 heteroatoms. The maximum Gasteiger partial charge on any atom is 0.416 e. The van der Waals surface area contributed by atoms with E-state index >= 15 is 0 Å². The van der Waals surface area contributed by atoms with Gasteiger partial charge in [-0.15, -0.1) is 0 Å². The molecule has 0 radical (unpaired) electrons. The van der Waals surface area contributed by atoms with Gasteiger partial charge in [-0.05, 0) is 38.2 Å². The Kier molecular flexibility index (Phi) is 5.82. The summed E-state index contributed by atoms with van der Waals surface area (Å²) in [6.07, 6.45) is -4.27. The Balaban J connectivity index is 2.62. The summed E-state index contributed by atoms with van der Waals surface area (Å²) in [5.74, 6) is 0.459. The molecule has 1 aromatic rings. The van der Waals surface area contributed by atoms with E-state index in [2.05, 4.69) is 12.2 Å². The van der Waals surface area contributed by atoms with Crippen LogP contribution in [-0.2, 0) is 12.7 Å². The first kappa shape index (κ1) is 16.0. The first-order valence-corrected chi connectivity index (χ1v) is 6.32. The highest BCUT2D eigenvalue weighted by Crippen LogP contribution is 2.29. The number of halogens is 3. The zero-order valence-corrected chi connectivity index (χ0v) is 11.6. The van der Waals surface area contributed by atoms with Crippen molar-refractivity contribution in [2.45, 2.75) is 19.6 Å². The third kappa shape index (κ3) is 5.61. The van der Waals surface area contributed by atoms with E-state index in [0.29, 0.717) is 18.0 Å². The molecule has 1 N–H and O–H groups in total. The number of nitrogens with one attached hydrogen (secondary N) is 1. The molecule has 0 amide bonds. The highest BCUT2D eigenvalue weighted by atomic mass is 19.4. The fourth-order valence-electron chi connectivity index (χ4n) is 2.17. The van der Waals surface area contributed by atoms with Crippen LogP contribution in [0.25, 0.3) is 0 Å². The first-order valence-electron chi connectivity index (χ1n) is 6.32. The van der Waals surface area contributed by atoms with Gasteiger partial charge in [0.2, 0.25) is 0 Å². The van der Waals surface area contributed by atoms with Gasteiger partial charge in [-0.3, -0.25) is 0 Å². The fraction of sp³-hybridized carbons (Fsp3) is 0.571. The number of hydrogen-bond donors (Lipinski definition) is 1. The van der Waals surface area contributed by atoms with Gasteiger partial charge in [-0.2, -0.15) is 13.2 Å². The average Bonchev–Trinajstić information content (AvgIpc) is 2.28. The maximum absolute atomic E-state index is 12.6. The number of rotatable bonds is 6. The van der Waals surface area contributed by atoms with Crippen molar-refractivity contribution in [2.75, 3.05) is 27.2 Å². The summed E-state index contributed by atoms with van der Waals surface area (Å²) in [5, 5.41) is 3.09. The van der Waals surface area contributed by atoms with Gasteiger partial charge in [0.1, 0.15) is 0 Å². The normalized spacial score (nSPS) is 13.8. The summed E-state index contributed by atoms with van der Waals surface area (Å²) < 4.78 is 37.8. The second-order valence-electron chi connectivity index (χ2n) is 5.06. The van der Waals surface area contributed by atoms with Gasteiger partial charge in [-0.25, -0.2) is 0 Å². The Labute approximate surface area is 112 Å². The topological polar surface area (TPSA) is 15.3 Å². The summed E-state index contributed by atoms with van der Waals surface area (Å²) in [6.45, 7) is 4.38. The van der Waals surface area contributed by atoms with Crippen molar-refractivity contribution in [3.8, 4) is 0 Å². The van der Waals surface area contributed by atoms with Gasteiger partial charge in [0, 0.05) is 13.1 Å². The highest BCUT2D eigenvalue weighted by Gasteiger charge is 2.30. The molecule has 0 saturated heterocycles. The molecular formula is C14H21F3N2. The quantitative estimate of drug-likeness (QED) is 0.858. The Morgan fingerprint density at radius 1 is 1.32 bits per heavy atom. The molecule has 0 fully saturated rings. The smallest absolute Gasteiger partial charge is 0.319 e. The van der Waals surface area contributed by atoms with Crippen LogP contribution in [0.15, 0.2) is 24.3 Å². The van der Waals surface area contributed by atoms with Gasteiger partial charge >= 0.3 is 6.18 Å². The van der Waals surface area contributed by atoms with E-state index in [0.717, 1.165) is 19.2 Å². The lowest BCUT2D eigenvalue weighted by atomic mass is 10.1. The predicted molar refractivity (Wildman–Crippen MR) is 70.9 cm³/mol. The highest BCUT2D eigenvalue weighted by molar-refractivity contribution is 5.25. The van der Waals surface area contributed by atoms with Crippen molar-refractivity contribution in [3.05, 3.63) is 35.4 Å². The number of alkyl halides is 3. The van der Waals surface area contributed by atoms with Crippen LogP contribution in [0.2, 0.25) is 0 Å². The molecule has 0 aliphatic heterocycles. The van der Waals surface area contributed by atoms with Crippen LogP contribution in [-0.4, -0.2) is 32.1 Å². The molecule has 0 aliphatic carbocycles. The summed E-state index contributed by atoms with van der Waals surface area (Å²) in [5.41, 5.74) is 0.107. The maximum atomic E-state index is 12.6. The molecule has 0 aromatic heterocycles. The van der Waals surface area contributed by atoms with Gasteiger partial charge < -0.3 is 10.2 Å². The van der Waals surface area contributed by atoms with Crippen LogP contribution in [0, 0.1) is 5.92 Å². The molecule has 0 saturated carbocycles.